The molecule has 1 aromatic carbocycles. The van der Waals surface area contributed by atoms with E-state index in [0.29, 0.717) is 0 Å². The Hall–Kier alpha value is -1.09. The minimum atomic E-state index is -1.64. The number of nitrogens with zero attached hydrogens (tertiary/aromatic N) is 1. The topological polar surface area (TPSA) is 26.0 Å². The maximum absolute atomic E-state index is 5.91. The number of hydrogen-bond donors (Lipinski definition) is 0. The summed E-state index contributed by atoms with van der Waals surface area (Å²) in [5.74, 6) is 0. The lowest BCUT2D eigenvalue weighted by atomic mass is 10.2. The molecule has 0 N–H and O–H groups in total. The van der Waals surface area contributed by atoms with Gasteiger partial charge < -0.3 is 4.42 Å². The lowest BCUT2D eigenvalue weighted by Crippen LogP contribution is -2.50. The SMILES string of the molecule is CC(C)(C)[Si](C)(C)c1nc2ccccc2o1. The van der Waals surface area contributed by atoms with Gasteiger partial charge in [-0.2, -0.15) is 0 Å². The Kier molecular flexibility index (Phi) is 2.46. The molecule has 0 saturated carbocycles. The van der Waals surface area contributed by atoms with Gasteiger partial charge in [0.15, 0.2) is 19.2 Å². The van der Waals surface area contributed by atoms with E-state index in [9.17, 15) is 0 Å². The van der Waals surface area contributed by atoms with Crippen molar-refractivity contribution in [2.75, 3.05) is 0 Å². The fraction of sp³-hybridized carbons (Fsp3) is 0.462. The Bertz CT molecular complexity index is 475. The first-order valence-electron chi connectivity index (χ1n) is 5.68. The van der Waals surface area contributed by atoms with Crippen LogP contribution in [0.4, 0.5) is 0 Å². The van der Waals surface area contributed by atoms with E-state index >= 15 is 0 Å². The Balaban J connectivity index is 2.56. The second-order valence-corrected chi connectivity index (χ2v) is 11.0. The Morgan fingerprint density at radius 3 is 2.31 bits per heavy atom. The predicted molar refractivity (Wildman–Crippen MR) is 70.8 cm³/mol. The molecule has 0 aliphatic carbocycles. The van der Waals surface area contributed by atoms with Gasteiger partial charge in [-0.05, 0) is 17.2 Å². The number of hydrogen-bond acceptors (Lipinski definition) is 2. The first kappa shape index (κ1) is 11.4. The van der Waals surface area contributed by atoms with Crippen LogP contribution >= 0.6 is 0 Å². The molecule has 2 nitrogen and oxygen atoms in total. The van der Waals surface area contributed by atoms with Crippen LogP contribution in [0.2, 0.25) is 18.1 Å². The molecule has 0 spiro atoms. The molecule has 86 valence electrons. The van der Waals surface area contributed by atoms with Crippen molar-refractivity contribution >= 4 is 24.7 Å². The molecular formula is C13H19NOSi. The van der Waals surface area contributed by atoms with Crippen molar-refractivity contribution in [1.29, 1.82) is 0 Å². The molecule has 1 heterocycles. The fourth-order valence-corrected chi connectivity index (χ4v) is 2.87. The molecule has 0 saturated heterocycles. The van der Waals surface area contributed by atoms with Crippen LogP contribution in [-0.2, 0) is 0 Å². The smallest absolute Gasteiger partial charge is 0.167 e. The number of para-hydroxylation sites is 2. The highest BCUT2D eigenvalue weighted by atomic mass is 28.3. The summed E-state index contributed by atoms with van der Waals surface area (Å²) < 4.78 is 5.91. The van der Waals surface area contributed by atoms with Crippen LogP contribution < -0.4 is 5.51 Å². The highest BCUT2D eigenvalue weighted by Gasteiger charge is 2.41. The number of benzene rings is 1. The van der Waals surface area contributed by atoms with Crippen molar-refractivity contribution in [3.8, 4) is 0 Å². The largest absolute Gasteiger partial charge is 0.446 e. The second-order valence-electron chi connectivity index (χ2n) is 5.86. The third-order valence-corrected chi connectivity index (χ3v) is 8.74. The summed E-state index contributed by atoms with van der Waals surface area (Å²) in [6.07, 6.45) is 0. The Labute approximate surface area is 97.7 Å². The van der Waals surface area contributed by atoms with Gasteiger partial charge in [0, 0.05) is 0 Å². The Morgan fingerprint density at radius 2 is 1.75 bits per heavy atom. The monoisotopic (exact) mass is 233 g/mol. The molecule has 0 bridgehead atoms. The summed E-state index contributed by atoms with van der Waals surface area (Å²) in [6.45, 7) is 11.5. The molecule has 16 heavy (non-hydrogen) atoms. The minimum Gasteiger partial charge on any atom is -0.446 e. The standard InChI is InChI=1S/C13H19NOSi/c1-13(2,3)16(4,5)12-14-10-8-6-7-9-11(10)15-12/h6-9H,1-5H3. The van der Waals surface area contributed by atoms with Crippen molar-refractivity contribution < 1.29 is 4.42 Å². The third kappa shape index (κ3) is 1.69. The van der Waals surface area contributed by atoms with Crippen molar-refractivity contribution in [2.45, 2.75) is 38.9 Å². The lowest BCUT2D eigenvalue weighted by molar-refractivity contribution is 0.622. The molecule has 0 aliphatic heterocycles. The summed E-state index contributed by atoms with van der Waals surface area (Å²) >= 11 is 0. The van der Waals surface area contributed by atoms with E-state index in [1.807, 2.05) is 24.3 Å². The zero-order valence-electron chi connectivity index (χ0n) is 10.7. The zero-order valence-corrected chi connectivity index (χ0v) is 11.7. The second kappa shape index (κ2) is 3.45. The molecule has 2 aromatic rings. The predicted octanol–water partition coefficient (Wildman–Crippen LogP) is 3.54. The van der Waals surface area contributed by atoms with Crippen molar-refractivity contribution in [3.63, 3.8) is 0 Å². The van der Waals surface area contributed by atoms with Gasteiger partial charge in [0.1, 0.15) is 5.52 Å². The molecule has 0 fully saturated rings. The van der Waals surface area contributed by atoms with E-state index in [4.69, 9.17) is 4.42 Å². The van der Waals surface area contributed by atoms with Gasteiger partial charge in [-0.1, -0.05) is 46.0 Å². The van der Waals surface area contributed by atoms with Crippen LogP contribution in [0.1, 0.15) is 20.8 Å². The van der Waals surface area contributed by atoms with Gasteiger partial charge in [0.2, 0.25) is 0 Å². The van der Waals surface area contributed by atoms with E-state index in [0.717, 1.165) is 16.6 Å². The van der Waals surface area contributed by atoms with Gasteiger partial charge in [0.25, 0.3) is 0 Å². The van der Waals surface area contributed by atoms with Crippen LogP contribution in [0.3, 0.4) is 0 Å². The molecule has 0 unspecified atom stereocenters. The average Bonchev–Trinajstić information content (AvgIpc) is 2.59. The quantitative estimate of drug-likeness (QED) is 0.704. The van der Waals surface area contributed by atoms with Gasteiger partial charge >= 0.3 is 0 Å². The van der Waals surface area contributed by atoms with Crippen molar-refractivity contribution in [1.82, 2.24) is 4.98 Å². The van der Waals surface area contributed by atoms with E-state index in [2.05, 4.69) is 38.8 Å². The molecule has 0 atom stereocenters. The maximum Gasteiger partial charge on any atom is 0.167 e. The molecule has 0 aliphatic rings. The number of rotatable bonds is 1. The molecule has 3 heteroatoms. The zero-order chi connectivity index (χ0) is 12.0. The number of fused-ring (bicyclic) bond motifs is 1. The molecule has 0 radical (unpaired) electrons. The fourth-order valence-electron chi connectivity index (χ4n) is 1.46. The van der Waals surface area contributed by atoms with Crippen LogP contribution in [0.15, 0.2) is 28.7 Å². The minimum absolute atomic E-state index is 0.258. The summed E-state index contributed by atoms with van der Waals surface area (Å²) in [5.41, 5.74) is 2.84. The molecule has 1 aromatic heterocycles. The van der Waals surface area contributed by atoms with Crippen LogP contribution in [-0.4, -0.2) is 13.1 Å². The molecule has 2 rings (SSSR count). The summed E-state index contributed by atoms with van der Waals surface area (Å²) in [6, 6.07) is 7.98. The lowest BCUT2D eigenvalue weighted by Gasteiger charge is -2.33. The molecule has 0 amide bonds. The number of aromatic nitrogens is 1. The van der Waals surface area contributed by atoms with Gasteiger partial charge in [-0.3, -0.25) is 0 Å². The van der Waals surface area contributed by atoms with E-state index in [1.165, 1.54) is 0 Å². The van der Waals surface area contributed by atoms with E-state index < -0.39 is 8.07 Å². The summed E-state index contributed by atoms with van der Waals surface area (Å²) in [4.78, 5) is 4.65. The highest BCUT2D eigenvalue weighted by Crippen LogP contribution is 2.35. The van der Waals surface area contributed by atoms with Crippen molar-refractivity contribution in [2.24, 2.45) is 0 Å². The van der Waals surface area contributed by atoms with Gasteiger partial charge in [-0.25, -0.2) is 4.98 Å². The van der Waals surface area contributed by atoms with Gasteiger partial charge in [0.05, 0.1) is 0 Å². The first-order valence-corrected chi connectivity index (χ1v) is 8.68. The van der Waals surface area contributed by atoms with Crippen LogP contribution in [0.25, 0.3) is 11.1 Å². The molecular weight excluding hydrogens is 214 g/mol. The highest BCUT2D eigenvalue weighted by molar-refractivity contribution is 6.90. The summed E-state index contributed by atoms with van der Waals surface area (Å²) in [7, 11) is -1.64. The summed E-state index contributed by atoms with van der Waals surface area (Å²) in [5, 5.41) is 0.258. The van der Waals surface area contributed by atoms with Crippen molar-refractivity contribution in [3.05, 3.63) is 24.3 Å². The van der Waals surface area contributed by atoms with E-state index in [1.54, 1.807) is 0 Å². The van der Waals surface area contributed by atoms with E-state index in [-0.39, 0.29) is 5.04 Å². The van der Waals surface area contributed by atoms with Crippen LogP contribution in [0.5, 0.6) is 0 Å². The van der Waals surface area contributed by atoms with Gasteiger partial charge in [-0.15, -0.1) is 0 Å². The Morgan fingerprint density at radius 1 is 1.12 bits per heavy atom. The normalized spacial score (nSPS) is 13.3. The average molecular weight is 233 g/mol. The first-order chi connectivity index (χ1) is 7.32. The third-order valence-electron chi connectivity index (χ3n) is 3.70. The number of oxazole rings is 1. The maximum atomic E-state index is 5.91. The van der Waals surface area contributed by atoms with Crippen LogP contribution in [0, 0.1) is 0 Å².